The molecule has 1 aliphatic rings. The smallest absolute Gasteiger partial charge is 0.319 e. The number of hydrogen-bond acceptors (Lipinski definition) is 3. The van der Waals surface area contributed by atoms with E-state index in [1.54, 1.807) is 7.11 Å². The second kappa shape index (κ2) is 5.50. The molecule has 0 bridgehead atoms. The number of ether oxygens (including phenoxy) is 2. The number of carbonyl (C=O) groups is 1. The molecule has 1 rings (SSSR count). The first-order valence-electron chi connectivity index (χ1n) is 6.05. The Hall–Kier alpha value is -1.09. The third kappa shape index (κ3) is 2.60. The lowest BCUT2D eigenvalue weighted by Gasteiger charge is -2.39. The summed E-state index contributed by atoms with van der Waals surface area (Å²) in [4.78, 5) is 12.4. The van der Waals surface area contributed by atoms with Gasteiger partial charge >= 0.3 is 5.97 Å². The minimum Gasteiger partial charge on any atom is -0.462 e. The van der Waals surface area contributed by atoms with Gasteiger partial charge in [-0.15, -0.1) is 0 Å². The monoisotopic (exact) mass is 238 g/mol. The topological polar surface area (TPSA) is 35.5 Å². The van der Waals surface area contributed by atoms with E-state index >= 15 is 0 Å². The van der Waals surface area contributed by atoms with Crippen molar-refractivity contribution in [3.63, 3.8) is 0 Å². The van der Waals surface area contributed by atoms with E-state index in [1.807, 2.05) is 52.0 Å². The van der Waals surface area contributed by atoms with Crippen LogP contribution in [0.3, 0.4) is 0 Å². The fourth-order valence-electron chi connectivity index (χ4n) is 2.16. The van der Waals surface area contributed by atoms with Crippen molar-refractivity contribution in [3.8, 4) is 0 Å². The molecule has 0 amide bonds. The van der Waals surface area contributed by atoms with Gasteiger partial charge < -0.3 is 9.47 Å². The summed E-state index contributed by atoms with van der Waals surface area (Å²) in [6.07, 6.45) is 7.21. The highest BCUT2D eigenvalue weighted by atomic mass is 16.5. The van der Waals surface area contributed by atoms with Gasteiger partial charge in [0, 0.05) is 7.11 Å². The standard InChI is InChI=1S/C14H22O3/c1-10(2)14(13(15)17-11(3)4)9-7-6-8-12(14)16-5/h6-12H,1-5H3. The third-order valence-electron chi connectivity index (χ3n) is 3.15. The van der Waals surface area contributed by atoms with E-state index in [1.165, 1.54) is 0 Å². The first-order valence-corrected chi connectivity index (χ1v) is 6.05. The van der Waals surface area contributed by atoms with Crippen LogP contribution < -0.4 is 0 Å². The fourth-order valence-corrected chi connectivity index (χ4v) is 2.16. The molecule has 17 heavy (non-hydrogen) atoms. The van der Waals surface area contributed by atoms with E-state index in [0.29, 0.717) is 0 Å². The van der Waals surface area contributed by atoms with Crippen LogP contribution in [0.1, 0.15) is 27.7 Å². The first-order chi connectivity index (χ1) is 7.95. The van der Waals surface area contributed by atoms with Gasteiger partial charge in [-0.05, 0) is 19.8 Å². The predicted octanol–water partition coefficient (Wildman–Crippen LogP) is 2.72. The molecular formula is C14H22O3. The quantitative estimate of drug-likeness (QED) is 0.706. The van der Waals surface area contributed by atoms with Crippen LogP contribution in [0.5, 0.6) is 0 Å². The molecule has 0 fully saturated rings. The van der Waals surface area contributed by atoms with E-state index in [9.17, 15) is 4.79 Å². The van der Waals surface area contributed by atoms with Gasteiger partial charge in [-0.1, -0.05) is 38.2 Å². The number of hydrogen-bond donors (Lipinski definition) is 0. The van der Waals surface area contributed by atoms with Crippen LogP contribution in [0.2, 0.25) is 0 Å². The normalized spacial score (nSPS) is 27.8. The van der Waals surface area contributed by atoms with Gasteiger partial charge in [0.15, 0.2) is 0 Å². The molecule has 0 radical (unpaired) electrons. The molecule has 2 atom stereocenters. The maximum atomic E-state index is 12.4. The lowest BCUT2D eigenvalue weighted by Crippen LogP contribution is -2.47. The third-order valence-corrected chi connectivity index (χ3v) is 3.15. The summed E-state index contributed by atoms with van der Waals surface area (Å²) in [5.41, 5.74) is -0.715. The number of rotatable bonds is 4. The largest absolute Gasteiger partial charge is 0.462 e. The van der Waals surface area contributed by atoms with Crippen molar-refractivity contribution < 1.29 is 14.3 Å². The Bertz CT molecular complexity index is 328. The minimum absolute atomic E-state index is 0.111. The van der Waals surface area contributed by atoms with Crippen molar-refractivity contribution in [2.24, 2.45) is 11.3 Å². The summed E-state index contributed by atoms with van der Waals surface area (Å²) in [7, 11) is 1.62. The maximum Gasteiger partial charge on any atom is 0.319 e. The van der Waals surface area contributed by atoms with E-state index in [4.69, 9.17) is 9.47 Å². The van der Waals surface area contributed by atoms with E-state index in [-0.39, 0.29) is 24.1 Å². The Balaban J connectivity index is 3.08. The van der Waals surface area contributed by atoms with Crippen LogP contribution in [0.15, 0.2) is 24.3 Å². The van der Waals surface area contributed by atoms with Gasteiger partial charge in [-0.2, -0.15) is 0 Å². The zero-order valence-electron chi connectivity index (χ0n) is 11.3. The number of carbonyl (C=O) groups excluding carboxylic acids is 1. The van der Waals surface area contributed by atoms with E-state index in [0.717, 1.165) is 0 Å². The van der Waals surface area contributed by atoms with Crippen LogP contribution in [0.4, 0.5) is 0 Å². The van der Waals surface area contributed by atoms with Crippen LogP contribution in [0.25, 0.3) is 0 Å². The zero-order valence-corrected chi connectivity index (χ0v) is 11.3. The van der Waals surface area contributed by atoms with Crippen molar-refractivity contribution >= 4 is 5.97 Å². The minimum atomic E-state index is -0.715. The van der Waals surface area contributed by atoms with Crippen molar-refractivity contribution in [2.75, 3.05) is 7.11 Å². The van der Waals surface area contributed by atoms with E-state index in [2.05, 4.69) is 0 Å². The summed E-state index contributed by atoms with van der Waals surface area (Å²) in [6.45, 7) is 7.74. The van der Waals surface area contributed by atoms with Crippen molar-refractivity contribution in [1.29, 1.82) is 0 Å². The van der Waals surface area contributed by atoms with Gasteiger partial charge in [0.05, 0.1) is 12.2 Å². The zero-order chi connectivity index (χ0) is 13.1. The molecule has 0 N–H and O–H groups in total. The molecule has 0 heterocycles. The fraction of sp³-hybridized carbons (Fsp3) is 0.643. The van der Waals surface area contributed by atoms with Gasteiger partial charge in [-0.3, -0.25) is 4.79 Å². The summed E-state index contributed by atoms with van der Waals surface area (Å²) in [5.74, 6) is -0.102. The lowest BCUT2D eigenvalue weighted by atomic mass is 9.70. The van der Waals surface area contributed by atoms with Crippen molar-refractivity contribution in [2.45, 2.75) is 39.9 Å². The van der Waals surface area contributed by atoms with Crippen LogP contribution >= 0.6 is 0 Å². The second-order valence-corrected chi connectivity index (χ2v) is 4.94. The molecule has 0 aromatic rings. The average molecular weight is 238 g/mol. The highest BCUT2D eigenvalue weighted by Gasteiger charge is 2.48. The van der Waals surface area contributed by atoms with Gasteiger partial charge in [0.25, 0.3) is 0 Å². The highest BCUT2D eigenvalue weighted by Crippen LogP contribution is 2.39. The first kappa shape index (κ1) is 14.0. The van der Waals surface area contributed by atoms with Crippen LogP contribution in [0, 0.1) is 11.3 Å². The molecule has 0 saturated carbocycles. The maximum absolute atomic E-state index is 12.4. The molecule has 0 saturated heterocycles. The van der Waals surface area contributed by atoms with Crippen molar-refractivity contribution in [3.05, 3.63) is 24.3 Å². The number of methoxy groups -OCH3 is 1. The Morgan fingerprint density at radius 2 is 1.88 bits per heavy atom. The van der Waals surface area contributed by atoms with Crippen LogP contribution in [-0.4, -0.2) is 25.3 Å². The molecule has 2 unspecified atom stereocenters. The summed E-state index contributed by atoms with van der Waals surface area (Å²) in [6, 6.07) is 0. The van der Waals surface area contributed by atoms with Gasteiger partial charge in [0.2, 0.25) is 0 Å². The van der Waals surface area contributed by atoms with Gasteiger partial charge in [0.1, 0.15) is 5.41 Å². The number of allylic oxidation sites excluding steroid dienone is 2. The van der Waals surface area contributed by atoms with Gasteiger partial charge in [-0.25, -0.2) is 0 Å². The Morgan fingerprint density at radius 1 is 1.24 bits per heavy atom. The average Bonchev–Trinajstić information content (AvgIpc) is 2.27. The number of esters is 1. The molecule has 3 heteroatoms. The summed E-state index contributed by atoms with van der Waals surface area (Å²) >= 11 is 0. The Kier molecular flexibility index (Phi) is 4.52. The lowest BCUT2D eigenvalue weighted by molar-refractivity contribution is -0.166. The second-order valence-electron chi connectivity index (χ2n) is 4.94. The Morgan fingerprint density at radius 3 is 2.35 bits per heavy atom. The molecule has 0 aromatic carbocycles. The molecule has 3 nitrogen and oxygen atoms in total. The van der Waals surface area contributed by atoms with Crippen molar-refractivity contribution in [1.82, 2.24) is 0 Å². The molecule has 1 aliphatic carbocycles. The molecular weight excluding hydrogens is 216 g/mol. The summed E-state index contributed by atoms with van der Waals surface area (Å²) < 4.78 is 10.8. The molecule has 0 spiro atoms. The van der Waals surface area contributed by atoms with E-state index < -0.39 is 5.41 Å². The van der Waals surface area contributed by atoms with Crippen LogP contribution in [-0.2, 0) is 14.3 Å². The highest BCUT2D eigenvalue weighted by molar-refractivity contribution is 5.81. The molecule has 0 aliphatic heterocycles. The predicted molar refractivity (Wildman–Crippen MR) is 67.6 cm³/mol. The Labute approximate surface area is 103 Å². The molecule has 0 aromatic heterocycles. The SMILES string of the molecule is COC1C=CC=CC1(C(=O)OC(C)C)C(C)C. The molecule has 96 valence electrons. The summed E-state index contributed by atoms with van der Waals surface area (Å²) in [5, 5.41) is 0.